The quantitative estimate of drug-likeness (QED) is 0.805. The van der Waals surface area contributed by atoms with Crippen LogP contribution in [0.1, 0.15) is 41.0 Å². The van der Waals surface area contributed by atoms with E-state index in [9.17, 15) is 4.79 Å². The maximum atomic E-state index is 12.2. The van der Waals surface area contributed by atoms with Gasteiger partial charge in [-0.1, -0.05) is 6.42 Å². The Kier molecular flexibility index (Phi) is 3.06. The normalized spacial score (nSPS) is 14.8. The summed E-state index contributed by atoms with van der Waals surface area (Å²) >= 11 is 0. The van der Waals surface area contributed by atoms with Gasteiger partial charge in [-0.05, 0) is 25.7 Å². The Labute approximate surface area is 111 Å². The number of rotatable bonds is 2. The van der Waals surface area contributed by atoms with Gasteiger partial charge in [-0.25, -0.2) is 0 Å². The van der Waals surface area contributed by atoms with Crippen LogP contribution in [0, 0.1) is 0 Å². The minimum atomic E-state index is -0.160. The molecule has 6 nitrogen and oxygen atoms in total. The molecule has 2 heterocycles. The molecule has 100 valence electrons. The van der Waals surface area contributed by atoms with Gasteiger partial charge in [0.2, 0.25) is 0 Å². The zero-order valence-corrected chi connectivity index (χ0v) is 10.9. The lowest BCUT2D eigenvalue weighted by molar-refractivity contribution is 0.102. The SMILES string of the molecule is Cn1cc(NC(=O)c2n[nH]c3c2CCCCC3)cn1. The summed E-state index contributed by atoms with van der Waals surface area (Å²) < 4.78 is 1.65. The zero-order chi connectivity index (χ0) is 13.2. The summed E-state index contributed by atoms with van der Waals surface area (Å²) in [6, 6.07) is 0. The van der Waals surface area contributed by atoms with Gasteiger partial charge in [0.25, 0.3) is 5.91 Å². The van der Waals surface area contributed by atoms with Crippen molar-refractivity contribution in [3.05, 3.63) is 29.3 Å². The largest absolute Gasteiger partial charge is 0.318 e. The number of anilines is 1. The Morgan fingerprint density at radius 1 is 1.37 bits per heavy atom. The van der Waals surface area contributed by atoms with Gasteiger partial charge >= 0.3 is 0 Å². The second-order valence-electron chi connectivity index (χ2n) is 4.95. The third-order valence-electron chi connectivity index (χ3n) is 3.48. The van der Waals surface area contributed by atoms with Crippen LogP contribution in [0.5, 0.6) is 0 Å². The summed E-state index contributed by atoms with van der Waals surface area (Å²) in [5.74, 6) is -0.160. The smallest absolute Gasteiger partial charge is 0.276 e. The molecule has 0 unspecified atom stereocenters. The molecule has 6 heteroatoms. The molecule has 0 aromatic carbocycles. The van der Waals surface area contributed by atoms with Crippen LogP contribution in [-0.4, -0.2) is 25.9 Å². The number of carbonyl (C=O) groups is 1. The van der Waals surface area contributed by atoms with Gasteiger partial charge in [-0.2, -0.15) is 10.2 Å². The van der Waals surface area contributed by atoms with Crippen LogP contribution < -0.4 is 5.32 Å². The maximum absolute atomic E-state index is 12.2. The van der Waals surface area contributed by atoms with Crippen molar-refractivity contribution in [1.82, 2.24) is 20.0 Å². The number of amides is 1. The van der Waals surface area contributed by atoms with E-state index in [0.717, 1.165) is 30.5 Å². The second kappa shape index (κ2) is 4.87. The molecule has 0 bridgehead atoms. The number of nitrogens with one attached hydrogen (secondary N) is 2. The molecule has 0 saturated heterocycles. The molecule has 0 radical (unpaired) electrons. The van der Waals surface area contributed by atoms with Crippen molar-refractivity contribution in [2.24, 2.45) is 7.05 Å². The first-order chi connectivity index (χ1) is 9.24. The number of nitrogens with zero attached hydrogens (tertiary/aromatic N) is 3. The van der Waals surface area contributed by atoms with Crippen LogP contribution in [-0.2, 0) is 19.9 Å². The van der Waals surface area contributed by atoms with Crippen molar-refractivity contribution in [2.45, 2.75) is 32.1 Å². The number of H-pyrrole nitrogens is 1. The minimum Gasteiger partial charge on any atom is -0.318 e. The van der Waals surface area contributed by atoms with E-state index in [1.807, 2.05) is 7.05 Å². The Hall–Kier alpha value is -2.11. The number of aromatic amines is 1. The molecule has 2 aromatic heterocycles. The van der Waals surface area contributed by atoms with E-state index < -0.39 is 0 Å². The van der Waals surface area contributed by atoms with Crippen molar-refractivity contribution in [2.75, 3.05) is 5.32 Å². The molecule has 0 fully saturated rings. The lowest BCUT2D eigenvalue weighted by atomic mass is 10.1. The highest BCUT2D eigenvalue weighted by Gasteiger charge is 2.21. The van der Waals surface area contributed by atoms with Crippen LogP contribution >= 0.6 is 0 Å². The average molecular weight is 259 g/mol. The summed E-state index contributed by atoms with van der Waals surface area (Å²) in [7, 11) is 1.82. The minimum absolute atomic E-state index is 0.160. The third kappa shape index (κ3) is 2.38. The summed E-state index contributed by atoms with van der Waals surface area (Å²) in [5.41, 5.74) is 3.42. The Morgan fingerprint density at radius 2 is 2.21 bits per heavy atom. The van der Waals surface area contributed by atoms with Crippen molar-refractivity contribution in [3.8, 4) is 0 Å². The molecule has 0 atom stereocenters. The lowest BCUT2D eigenvalue weighted by Gasteiger charge is -2.02. The fourth-order valence-corrected chi connectivity index (χ4v) is 2.52. The fourth-order valence-electron chi connectivity index (χ4n) is 2.52. The van der Waals surface area contributed by atoms with Crippen LogP contribution in [0.2, 0.25) is 0 Å². The number of fused-ring (bicyclic) bond motifs is 1. The summed E-state index contributed by atoms with van der Waals surface area (Å²) in [5, 5.41) is 14.0. The monoisotopic (exact) mass is 259 g/mol. The van der Waals surface area contributed by atoms with E-state index in [-0.39, 0.29) is 5.91 Å². The molecule has 1 aliphatic carbocycles. The molecular formula is C13H17N5O. The number of aromatic nitrogens is 4. The maximum Gasteiger partial charge on any atom is 0.276 e. The average Bonchev–Trinajstić information content (AvgIpc) is 2.90. The Balaban J connectivity index is 1.82. The molecule has 0 saturated carbocycles. The Bertz CT molecular complexity index is 598. The van der Waals surface area contributed by atoms with E-state index in [1.165, 1.54) is 12.8 Å². The summed E-state index contributed by atoms with van der Waals surface area (Å²) in [4.78, 5) is 12.2. The molecule has 19 heavy (non-hydrogen) atoms. The number of carbonyl (C=O) groups excluding carboxylic acids is 1. The fraction of sp³-hybridized carbons (Fsp3) is 0.462. The molecule has 2 aromatic rings. The third-order valence-corrected chi connectivity index (χ3v) is 3.48. The Morgan fingerprint density at radius 3 is 3.00 bits per heavy atom. The summed E-state index contributed by atoms with van der Waals surface area (Å²) in [6.45, 7) is 0. The number of hydrogen-bond acceptors (Lipinski definition) is 3. The first-order valence-electron chi connectivity index (χ1n) is 6.60. The second-order valence-corrected chi connectivity index (χ2v) is 4.95. The molecular weight excluding hydrogens is 242 g/mol. The molecule has 0 aliphatic heterocycles. The first kappa shape index (κ1) is 12.0. The van der Waals surface area contributed by atoms with Gasteiger partial charge in [0.15, 0.2) is 5.69 Å². The van der Waals surface area contributed by atoms with Gasteiger partial charge in [0.05, 0.1) is 11.9 Å². The molecule has 0 spiro atoms. The highest BCUT2D eigenvalue weighted by Crippen LogP contribution is 2.22. The standard InChI is InChI=1S/C13H17N5O/c1-18-8-9(7-14-18)15-13(19)12-10-5-3-2-4-6-11(10)16-17-12/h7-8H,2-6H2,1H3,(H,15,19)(H,16,17). The highest BCUT2D eigenvalue weighted by molar-refractivity contribution is 6.03. The lowest BCUT2D eigenvalue weighted by Crippen LogP contribution is -2.14. The van der Waals surface area contributed by atoms with Crippen LogP contribution in [0.25, 0.3) is 0 Å². The number of hydrogen-bond donors (Lipinski definition) is 2. The summed E-state index contributed by atoms with van der Waals surface area (Å²) in [6.07, 6.45) is 8.82. The zero-order valence-electron chi connectivity index (χ0n) is 10.9. The van der Waals surface area contributed by atoms with Crippen LogP contribution in [0.15, 0.2) is 12.4 Å². The van der Waals surface area contributed by atoms with E-state index in [4.69, 9.17) is 0 Å². The highest BCUT2D eigenvalue weighted by atomic mass is 16.2. The topological polar surface area (TPSA) is 75.6 Å². The van der Waals surface area contributed by atoms with Crippen molar-refractivity contribution in [3.63, 3.8) is 0 Å². The van der Waals surface area contributed by atoms with Gasteiger partial charge in [-0.15, -0.1) is 0 Å². The van der Waals surface area contributed by atoms with Gasteiger partial charge in [0, 0.05) is 24.5 Å². The predicted octanol–water partition coefficient (Wildman–Crippen LogP) is 1.66. The van der Waals surface area contributed by atoms with Crippen molar-refractivity contribution >= 4 is 11.6 Å². The van der Waals surface area contributed by atoms with Crippen LogP contribution in [0.3, 0.4) is 0 Å². The van der Waals surface area contributed by atoms with E-state index in [1.54, 1.807) is 17.1 Å². The van der Waals surface area contributed by atoms with Crippen molar-refractivity contribution in [1.29, 1.82) is 0 Å². The molecule has 1 aliphatic rings. The van der Waals surface area contributed by atoms with E-state index in [2.05, 4.69) is 20.6 Å². The van der Waals surface area contributed by atoms with Gasteiger partial charge in [-0.3, -0.25) is 14.6 Å². The molecule has 1 amide bonds. The van der Waals surface area contributed by atoms with E-state index in [0.29, 0.717) is 11.4 Å². The number of aryl methyl sites for hydroxylation is 2. The molecule has 3 rings (SSSR count). The van der Waals surface area contributed by atoms with E-state index >= 15 is 0 Å². The first-order valence-corrected chi connectivity index (χ1v) is 6.60. The predicted molar refractivity (Wildman–Crippen MR) is 71.0 cm³/mol. The van der Waals surface area contributed by atoms with Crippen LogP contribution in [0.4, 0.5) is 5.69 Å². The van der Waals surface area contributed by atoms with Gasteiger partial charge in [0.1, 0.15) is 0 Å². The molecule has 2 N–H and O–H groups in total. The van der Waals surface area contributed by atoms with Crippen molar-refractivity contribution < 1.29 is 4.79 Å². The van der Waals surface area contributed by atoms with Gasteiger partial charge < -0.3 is 5.32 Å².